The Morgan fingerprint density at radius 2 is 1.73 bits per heavy atom. The molecule has 0 bridgehead atoms. The third-order valence-electron chi connectivity index (χ3n) is 6.87. The molecule has 0 amide bonds. The lowest BCUT2D eigenvalue weighted by atomic mass is 9.99. The first kappa shape index (κ1) is 25.0. The summed E-state index contributed by atoms with van der Waals surface area (Å²) in [5.74, 6) is -3.29. The lowest BCUT2D eigenvalue weighted by molar-refractivity contribution is 0.103. The number of rotatable bonds is 6. The number of hydrogen-bond acceptors (Lipinski definition) is 4. The van der Waals surface area contributed by atoms with Gasteiger partial charge in [-0.05, 0) is 57.4 Å². The highest BCUT2D eigenvalue weighted by Crippen LogP contribution is 2.32. The van der Waals surface area contributed by atoms with Gasteiger partial charge in [0, 0.05) is 41.0 Å². The Kier molecular flexibility index (Phi) is 6.33. The highest BCUT2D eigenvalue weighted by Gasteiger charge is 2.37. The van der Waals surface area contributed by atoms with E-state index in [1.54, 1.807) is 26.1 Å². The van der Waals surface area contributed by atoms with Crippen LogP contribution in [0.2, 0.25) is 0 Å². The summed E-state index contributed by atoms with van der Waals surface area (Å²) in [6.07, 6.45) is 4.35. The van der Waals surface area contributed by atoms with Crippen molar-refractivity contribution in [3.63, 3.8) is 0 Å². The van der Waals surface area contributed by atoms with Crippen molar-refractivity contribution in [3.8, 4) is 11.1 Å². The van der Waals surface area contributed by atoms with Crippen molar-refractivity contribution < 1.29 is 22.0 Å². The number of anilines is 1. The zero-order valence-electron chi connectivity index (χ0n) is 20.5. The lowest BCUT2D eigenvalue weighted by Crippen LogP contribution is -2.42. The molecule has 0 spiro atoms. The molecule has 1 saturated heterocycles. The topological polar surface area (TPSA) is 95.2 Å². The Balaban J connectivity index is 1.53. The minimum atomic E-state index is -4.12. The Bertz CT molecular complexity index is 1610. The molecule has 1 fully saturated rings. The van der Waals surface area contributed by atoms with Gasteiger partial charge in [-0.2, -0.15) is 12.7 Å². The van der Waals surface area contributed by atoms with E-state index in [9.17, 15) is 17.6 Å². The molecular formula is C27H26F2N4O3S. The van der Waals surface area contributed by atoms with Crippen LogP contribution in [-0.4, -0.2) is 40.6 Å². The van der Waals surface area contributed by atoms with Crippen LogP contribution >= 0.6 is 0 Å². The van der Waals surface area contributed by atoms with Gasteiger partial charge in [0.2, 0.25) is 5.78 Å². The Morgan fingerprint density at radius 3 is 2.41 bits per heavy atom. The Labute approximate surface area is 213 Å². The molecule has 0 saturated carbocycles. The molecule has 37 heavy (non-hydrogen) atoms. The van der Waals surface area contributed by atoms with E-state index in [1.807, 2.05) is 31.2 Å². The van der Waals surface area contributed by atoms with Gasteiger partial charge in [0.25, 0.3) is 0 Å². The molecule has 10 heteroatoms. The number of aromatic nitrogens is 2. The van der Waals surface area contributed by atoms with Crippen LogP contribution in [0.4, 0.5) is 14.5 Å². The molecule has 7 nitrogen and oxygen atoms in total. The van der Waals surface area contributed by atoms with Crippen LogP contribution in [0, 0.1) is 18.6 Å². The molecule has 1 aliphatic rings. The third-order valence-corrected chi connectivity index (χ3v) is 8.62. The fourth-order valence-electron chi connectivity index (χ4n) is 4.91. The number of nitrogens with one attached hydrogen (secondary N) is 2. The molecule has 192 valence electrons. The number of carbonyl (C=O) groups excluding carboxylic acids is 1. The maximum atomic E-state index is 15.5. The summed E-state index contributed by atoms with van der Waals surface area (Å²) in [6.45, 7) is 5.51. The fourth-order valence-corrected chi connectivity index (χ4v) is 6.61. The molecule has 4 aromatic rings. The van der Waals surface area contributed by atoms with Crippen molar-refractivity contribution in [3.05, 3.63) is 83.2 Å². The smallest absolute Gasteiger partial charge is 0.302 e. The number of carbonyl (C=O) groups is 1. The van der Waals surface area contributed by atoms with Crippen LogP contribution in [-0.2, 0) is 10.2 Å². The van der Waals surface area contributed by atoms with Gasteiger partial charge in [-0.1, -0.05) is 29.8 Å². The Morgan fingerprint density at radius 1 is 1.05 bits per heavy atom. The van der Waals surface area contributed by atoms with Crippen LogP contribution in [0.5, 0.6) is 0 Å². The molecule has 3 heterocycles. The Hall–Kier alpha value is -3.63. The number of benzene rings is 2. The molecule has 0 aliphatic carbocycles. The van der Waals surface area contributed by atoms with E-state index in [0.29, 0.717) is 23.9 Å². The third kappa shape index (κ3) is 4.51. The zero-order chi connectivity index (χ0) is 26.5. The van der Waals surface area contributed by atoms with Crippen LogP contribution in [0.1, 0.15) is 48.2 Å². The largest absolute Gasteiger partial charge is 0.345 e. The fraction of sp³-hybridized carbons (Fsp3) is 0.259. The average molecular weight is 525 g/mol. The number of nitrogens with zero attached hydrogens (tertiary/aromatic N) is 2. The molecule has 0 radical (unpaired) electrons. The number of pyridine rings is 1. The number of hydrogen-bond donors (Lipinski definition) is 2. The quantitative estimate of drug-likeness (QED) is 0.322. The number of aromatic amines is 1. The van der Waals surface area contributed by atoms with Crippen LogP contribution in [0.25, 0.3) is 22.2 Å². The molecule has 1 aliphatic heterocycles. The van der Waals surface area contributed by atoms with Crippen LogP contribution < -0.4 is 4.72 Å². The number of H-pyrrole nitrogens is 1. The summed E-state index contributed by atoms with van der Waals surface area (Å²) in [5, 5.41) is 0.396. The molecular weight excluding hydrogens is 498 g/mol. The summed E-state index contributed by atoms with van der Waals surface area (Å²) >= 11 is 0. The number of fused-ring (bicyclic) bond motifs is 1. The van der Waals surface area contributed by atoms with E-state index in [2.05, 4.69) is 14.7 Å². The van der Waals surface area contributed by atoms with Crippen LogP contribution in [0.3, 0.4) is 0 Å². The minimum Gasteiger partial charge on any atom is -0.345 e. The van der Waals surface area contributed by atoms with E-state index in [1.165, 1.54) is 10.5 Å². The lowest BCUT2D eigenvalue weighted by Gasteiger charge is -2.26. The highest BCUT2D eigenvalue weighted by molar-refractivity contribution is 7.90. The van der Waals surface area contributed by atoms with Gasteiger partial charge in [0.1, 0.15) is 11.5 Å². The van der Waals surface area contributed by atoms with E-state index >= 15 is 4.39 Å². The van der Waals surface area contributed by atoms with Crippen molar-refractivity contribution >= 4 is 32.7 Å². The molecule has 2 aromatic carbocycles. The number of halogens is 2. The average Bonchev–Trinajstić information content (AvgIpc) is 3.43. The van der Waals surface area contributed by atoms with Gasteiger partial charge >= 0.3 is 10.2 Å². The second-order valence-electron chi connectivity index (χ2n) is 9.51. The monoisotopic (exact) mass is 524 g/mol. The summed E-state index contributed by atoms with van der Waals surface area (Å²) in [6, 6.07) is 10.8. The molecule has 5 rings (SSSR count). The molecule has 2 N–H and O–H groups in total. The van der Waals surface area contributed by atoms with Gasteiger partial charge in [-0.3, -0.25) is 9.52 Å². The van der Waals surface area contributed by atoms with Gasteiger partial charge in [0.15, 0.2) is 5.82 Å². The minimum absolute atomic E-state index is 0.0241. The van der Waals surface area contributed by atoms with E-state index in [0.717, 1.165) is 28.8 Å². The maximum Gasteiger partial charge on any atom is 0.302 e. The first-order chi connectivity index (χ1) is 17.6. The predicted molar refractivity (Wildman–Crippen MR) is 139 cm³/mol. The maximum absolute atomic E-state index is 15.5. The van der Waals surface area contributed by atoms with Crippen molar-refractivity contribution in [1.82, 2.24) is 14.3 Å². The highest BCUT2D eigenvalue weighted by atomic mass is 32.2. The second kappa shape index (κ2) is 9.35. The first-order valence-electron chi connectivity index (χ1n) is 11.9. The SMILES string of the molecule is Cc1ccc(-c2cnc3[nH]cc(C(=O)c4c(F)ccc(NS(=O)(=O)N5[C@H](C)CC[C@H]5C)c4F)c3c2)cc1. The summed E-state index contributed by atoms with van der Waals surface area (Å²) in [4.78, 5) is 20.6. The first-order valence-corrected chi connectivity index (χ1v) is 13.4. The molecule has 0 unspecified atom stereocenters. The normalized spacial score (nSPS) is 18.4. The molecule has 2 atom stereocenters. The standard InChI is InChI=1S/C27H26F2N4O3S/c1-15-4-8-18(9-5-15)19-12-20-21(14-31-27(20)30-13-19)26(34)24-22(28)10-11-23(25(24)29)32-37(35,36)33-16(2)6-7-17(33)3/h4-5,8-14,16-17,32H,6-7H2,1-3H3,(H,30,31)/t16-,17-/m1/s1. The van der Waals surface area contributed by atoms with Gasteiger partial charge < -0.3 is 4.98 Å². The van der Waals surface area contributed by atoms with Crippen molar-refractivity contribution in [2.24, 2.45) is 0 Å². The summed E-state index contributed by atoms with van der Waals surface area (Å²) in [5.41, 5.74) is 1.77. The van der Waals surface area contributed by atoms with E-state index in [4.69, 9.17) is 0 Å². The number of aryl methyl sites for hydroxylation is 1. The second-order valence-corrected chi connectivity index (χ2v) is 11.1. The van der Waals surface area contributed by atoms with Crippen LogP contribution in [0.15, 0.2) is 54.9 Å². The van der Waals surface area contributed by atoms with Gasteiger partial charge in [-0.15, -0.1) is 0 Å². The van der Waals surface area contributed by atoms with Crippen molar-refractivity contribution in [2.45, 2.75) is 45.7 Å². The predicted octanol–water partition coefficient (Wildman–Crippen LogP) is 5.58. The van der Waals surface area contributed by atoms with Crippen molar-refractivity contribution in [2.75, 3.05) is 4.72 Å². The number of ketones is 1. The zero-order valence-corrected chi connectivity index (χ0v) is 21.4. The van der Waals surface area contributed by atoms with Gasteiger partial charge in [0.05, 0.1) is 11.3 Å². The summed E-state index contributed by atoms with van der Waals surface area (Å²) in [7, 11) is -4.12. The molecule has 2 aromatic heterocycles. The van der Waals surface area contributed by atoms with Crippen molar-refractivity contribution in [1.29, 1.82) is 0 Å². The summed E-state index contributed by atoms with van der Waals surface area (Å²) < 4.78 is 59.9. The van der Waals surface area contributed by atoms with E-state index < -0.39 is 38.9 Å². The van der Waals surface area contributed by atoms with E-state index in [-0.39, 0.29) is 17.6 Å². The van der Waals surface area contributed by atoms with Gasteiger partial charge in [-0.25, -0.2) is 13.8 Å².